The van der Waals surface area contributed by atoms with Crippen LogP contribution in [0.2, 0.25) is 0 Å². The Kier molecular flexibility index (Phi) is 36.5. The first kappa shape index (κ1) is 100. The number of nitrogens with one attached hydrogen (secondary N) is 10. The largest absolute Gasteiger partial charge is 0.506 e. The van der Waals surface area contributed by atoms with Crippen LogP contribution in [0.3, 0.4) is 0 Å². The molecule has 4 aliphatic rings. The number of rotatable bonds is 35. The zero-order valence-electron chi connectivity index (χ0n) is 73.0. The summed E-state index contributed by atoms with van der Waals surface area (Å²) in [5.41, 5.74) is 3.63. The first-order valence-corrected chi connectivity index (χ1v) is 44.8. The summed E-state index contributed by atoms with van der Waals surface area (Å²) in [6, 6.07) is 24.1. The van der Waals surface area contributed by atoms with E-state index in [1.54, 1.807) is 79.7 Å². The number of ether oxygens (including phenoxy) is 2. The molecule has 0 aromatic heterocycles. The Morgan fingerprint density at radius 3 is 1.82 bits per heavy atom. The summed E-state index contributed by atoms with van der Waals surface area (Å²) in [6.07, 6.45) is -13.5. The van der Waals surface area contributed by atoms with Crippen molar-refractivity contribution < 1.29 is 118 Å². The second-order valence-electron chi connectivity index (χ2n) is 33.2. The lowest BCUT2D eigenvalue weighted by Crippen LogP contribution is -2.64. The highest BCUT2D eigenvalue weighted by Gasteiger charge is 2.51. The number of carbonyl (C=O) groups is 13. The van der Waals surface area contributed by atoms with Gasteiger partial charge in [-0.3, -0.25) is 57.5 Å². The van der Waals surface area contributed by atoms with E-state index < -0.39 is 235 Å². The minimum absolute atomic E-state index is 0.0323. The molecular weight excluding hydrogens is 1700 g/mol. The second-order valence-corrected chi connectivity index (χ2v) is 34.2. The number of hydrogen-bond donors (Lipinski definition) is 19. The number of benzene rings is 6. The third-order valence-electron chi connectivity index (χ3n) is 23.5. The average molecular weight is 1820 g/mol. The van der Waals surface area contributed by atoms with Gasteiger partial charge >= 0.3 is 6.09 Å². The minimum atomic E-state index is -2.62. The van der Waals surface area contributed by atoms with Crippen LogP contribution >= 0.6 is 11.8 Å². The van der Waals surface area contributed by atoms with Gasteiger partial charge in [0.1, 0.15) is 96.8 Å². The molecule has 0 bridgehead atoms. The topological polar surface area (TPSA) is 552 Å². The molecule has 19 N–H and O–H groups in total. The number of aliphatic hydroxyl groups excluding tert-OH is 8. The molecular formula is C92H117N13O24S. The molecule has 1 unspecified atom stereocenters. The van der Waals surface area contributed by atoms with E-state index >= 15 is 9.59 Å². The van der Waals surface area contributed by atoms with Gasteiger partial charge in [0, 0.05) is 56.4 Å². The summed E-state index contributed by atoms with van der Waals surface area (Å²) < 4.78 is 11.3. The number of alkyl carbamates (subject to hydrolysis) is 1. The van der Waals surface area contributed by atoms with Crippen molar-refractivity contribution in [2.45, 2.75) is 227 Å². The molecule has 4 heterocycles. The van der Waals surface area contributed by atoms with Crippen LogP contribution < -0.4 is 57.9 Å². The molecule has 700 valence electrons. The lowest BCUT2D eigenvalue weighted by atomic mass is 9.96. The molecule has 0 spiro atoms. The highest BCUT2D eigenvalue weighted by Crippen LogP contribution is 2.34. The Labute approximate surface area is 756 Å². The fraction of sp³-hybridized carbons (Fsp3) is 0.467. The maximum Gasteiger partial charge on any atom is 0.408 e. The fourth-order valence-corrected chi connectivity index (χ4v) is 16.6. The molecule has 38 heteroatoms. The summed E-state index contributed by atoms with van der Waals surface area (Å²) in [5, 5.41) is 130. The third kappa shape index (κ3) is 26.3. The number of likely N-dealkylation sites (tertiary alicyclic amines) is 1. The smallest absolute Gasteiger partial charge is 0.408 e. The summed E-state index contributed by atoms with van der Waals surface area (Å²) >= 11 is 1.47. The first-order chi connectivity index (χ1) is 62.2. The van der Waals surface area contributed by atoms with Crippen molar-refractivity contribution in [3.8, 4) is 33.8 Å². The summed E-state index contributed by atoms with van der Waals surface area (Å²) in [5.74, 6) is -12.1. The molecule has 10 rings (SSSR count). The number of fused-ring (bicyclic) bond motifs is 2. The zero-order valence-corrected chi connectivity index (χ0v) is 73.8. The first-order valence-electron chi connectivity index (χ1n) is 43.4. The molecule has 0 aliphatic carbocycles. The predicted molar refractivity (Wildman–Crippen MR) is 475 cm³/mol. The lowest BCUT2D eigenvalue weighted by Gasteiger charge is -2.34. The van der Waals surface area contributed by atoms with Crippen molar-refractivity contribution in [3.05, 3.63) is 174 Å². The number of hydrogen-bond acceptors (Lipinski definition) is 25. The number of unbranched alkanes of at least 4 members (excludes halogenated alkanes) is 3. The van der Waals surface area contributed by atoms with Crippen molar-refractivity contribution in [2.75, 3.05) is 43.6 Å². The summed E-state index contributed by atoms with van der Waals surface area (Å²) in [6.45, 7) is 6.53. The van der Waals surface area contributed by atoms with Gasteiger partial charge in [0.15, 0.2) is 6.23 Å². The SMILES string of the molecule is CCCCCOc1ccc(-c2ccc(-c3ccc(C(=O)N[C@H]4C[C@@H](O)[C@@H](O)NC(=O)[C@@H]5[C@@H](O)[C@@H](C)CN5C(=O)[C@H]([C@@H](C)O)NC(=O)[C@H]([C@H](O)[C@@H](O)c5ccc(O)c(NC(=O)[C@H](CCCCNC(=O)[C@H](Cc6ccccc6)N6C(=O)[C@@H](NC(=O)[C@H](CCSC)NC=O)CC6C)NC(=O)OCc6ccccc6)c5)NC(=O)[C@@H]5C[C@@H](O)CN5C(=O)[C@H]([C@@H](C)O)NC4=O)cc3)cc2)cc1. The maximum absolute atomic E-state index is 15.1. The van der Waals surface area contributed by atoms with Crippen molar-refractivity contribution in [3.63, 3.8) is 0 Å². The van der Waals surface area contributed by atoms with E-state index in [0.717, 1.165) is 84.2 Å². The van der Waals surface area contributed by atoms with Crippen molar-refractivity contribution in [2.24, 2.45) is 5.92 Å². The molecule has 37 nitrogen and oxygen atoms in total. The van der Waals surface area contributed by atoms with Gasteiger partial charge in [-0.25, -0.2) is 4.79 Å². The Morgan fingerprint density at radius 2 is 1.20 bits per heavy atom. The summed E-state index contributed by atoms with van der Waals surface area (Å²) in [7, 11) is 0. The predicted octanol–water partition coefficient (Wildman–Crippen LogP) is 1.18. The third-order valence-corrected chi connectivity index (χ3v) is 24.1. The average Bonchev–Trinajstić information content (AvgIpc) is 1.63. The number of thioether (sulfide) groups is 1. The summed E-state index contributed by atoms with van der Waals surface area (Å²) in [4.78, 5) is 188. The molecule has 4 saturated heterocycles. The van der Waals surface area contributed by atoms with Crippen molar-refractivity contribution in [1.29, 1.82) is 0 Å². The van der Waals surface area contributed by atoms with Crippen LogP contribution in [0.1, 0.15) is 132 Å². The molecule has 13 amide bonds. The van der Waals surface area contributed by atoms with Crippen molar-refractivity contribution in [1.82, 2.24) is 62.6 Å². The molecule has 0 saturated carbocycles. The quantitative estimate of drug-likeness (QED) is 0.0151. The lowest BCUT2D eigenvalue weighted by molar-refractivity contribution is -0.148. The van der Waals surface area contributed by atoms with E-state index in [0.29, 0.717) is 41.2 Å². The Bertz CT molecular complexity index is 4890. The number of aliphatic hydroxyl groups is 8. The highest BCUT2D eigenvalue weighted by atomic mass is 32.2. The van der Waals surface area contributed by atoms with E-state index in [2.05, 4.69) is 60.1 Å². The monoisotopic (exact) mass is 1820 g/mol. The number of nitrogens with zero attached hydrogens (tertiary/aromatic N) is 3. The second kappa shape index (κ2) is 47.4. The number of phenols is 1. The van der Waals surface area contributed by atoms with E-state index in [1.807, 2.05) is 54.8 Å². The molecule has 4 fully saturated rings. The molecule has 6 aromatic carbocycles. The standard InChI is InChI=1S/C92H117N13O24S/c1-7-8-17-39-128-63-34-31-59(32-35-63)57-25-23-56(24-26-57)58-27-29-60(30-28-58)80(115)96-67-45-72(111)86(121)102-88(123)76-77(112)50(2)46-104(76)91(126)74(53(5)108)100-87(122)75(101-85(120)69-44-62(109)47-103(69)90(125)73(52(4)107)99-83(67)118)79(114)78(113)61-33-36-71(110)66(43-61)95-82(117)65(98-92(127)129-48-55-20-13-10-14-21-55)22-15-16-38-93-84(119)70(42-54-18-11-9-12-19-54)105-51(3)41-68(89(105)124)97-81(116)64(94-49-106)37-40-130-6/h9-14,18-21,23-36,43,49-53,62,64-65,67-70,72-79,86,107-114,121H,7-8,15-17,22,37-42,44-48H2,1-6H3,(H,93,119)(H,94,106)(H,95,117)(H,96,115)(H,97,116)(H,98,127)(H,99,118)(H,100,122)(H,101,120)(H,102,123)/t50-,51?,52+,53+,62+,64-,65-,67-,68-,69-,70-,72+,73-,74-,75-,76-,77-,78-,79-,86+/m0/s1. The van der Waals surface area contributed by atoms with Crippen LogP contribution in [-0.4, -0.2) is 286 Å². The molecule has 6 aromatic rings. The van der Waals surface area contributed by atoms with Crippen LogP contribution in [0.25, 0.3) is 22.3 Å². The van der Waals surface area contributed by atoms with Gasteiger partial charge in [0.2, 0.25) is 65.5 Å². The normalized spacial score (nSPS) is 23.9. The van der Waals surface area contributed by atoms with Gasteiger partial charge in [-0.05, 0) is 147 Å². The number of phenolic OH excluding ortho intramolecular Hbond substituents is 1. The van der Waals surface area contributed by atoms with Crippen LogP contribution in [0, 0.1) is 5.92 Å². The zero-order chi connectivity index (χ0) is 94.2. The van der Waals surface area contributed by atoms with Gasteiger partial charge < -0.3 is 123 Å². The van der Waals surface area contributed by atoms with Gasteiger partial charge in [-0.2, -0.15) is 11.8 Å². The van der Waals surface area contributed by atoms with E-state index in [9.17, 15) is 98.7 Å². The van der Waals surface area contributed by atoms with Gasteiger partial charge in [0.05, 0.1) is 36.7 Å². The Morgan fingerprint density at radius 1 is 0.600 bits per heavy atom. The van der Waals surface area contributed by atoms with Crippen molar-refractivity contribution >= 4 is 94.9 Å². The number of amides is 13. The van der Waals surface area contributed by atoms with Crippen LogP contribution in [0.4, 0.5) is 10.5 Å². The number of aromatic hydroxyl groups is 1. The van der Waals surface area contributed by atoms with Gasteiger partial charge in [0.25, 0.3) is 5.91 Å². The molecule has 0 radical (unpaired) electrons. The Balaban J connectivity index is 0.878. The van der Waals surface area contributed by atoms with Gasteiger partial charge in [-0.15, -0.1) is 0 Å². The molecule has 4 aliphatic heterocycles. The molecule has 130 heavy (non-hydrogen) atoms. The number of anilines is 1. The Hall–Kier alpha value is -12.1. The van der Waals surface area contributed by atoms with E-state index in [1.165, 1.54) is 35.7 Å². The van der Waals surface area contributed by atoms with Crippen LogP contribution in [0.5, 0.6) is 11.5 Å². The van der Waals surface area contributed by atoms with Crippen LogP contribution in [-0.2, 0) is 70.5 Å². The van der Waals surface area contributed by atoms with E-state index in [-0.39, 0.29) is 50.8 Å². The van der Waals surface area contributed by atoms with E-state index in [4.69, 9.17) is 9.47 Å². The van der Waals surface area contributed by atoms with Gasteiger partial charge in [-0.1, -0.05) is 142 Å². The maximum atomic E-state index is 15.1. The van der Waals surface area contributed by atoms with Crippen LogP contribution in [0.15, 0.2) is 152 Å². The molecule has 20 atom stereocenters. The fourth-order valence-electron chi connectivity index (χ4n) is 16.2. The highest BCUT2D eigenvalue weighted by molar-refractivity contribution is 7.98. The number of carbonyl (C=O) groups excluding carboxylic acids is 13. The minimum Gasteiger partial charge on any atom is -0.506 e.